The second kappa shape index (κ2) is 12.0. The van der Waals surface area contributed by atoms with E-state index in [1.165, 1.54) is 9.80 Å². The van der Waals surface area contributed by atoms with Crippen LogP contribution in [0.4, 0.5) is 26.9 Å². The minimum atomic E-state index is -1.13. The van der Waals surface area contributed by atoms with Gasteiger partial charge >= 0.3 is 18.2 Å². The van der Waals surface area contributed by atoms with Crippen LogP contribution in [0, 0.1) is 6.92 Å². The number of hydrogen-bond acceptors (Lipinski definition) is 9. The van der Waals surface area contributed by atoms with Crippen LogP contribution in [0.3, 0.4) is 0 Å². The molecule has 2 atom stereocenters. The van der Waals surface area contributed by atoms with Gasteiger partial charge in [-0.15, -0.1) is 0 Å². The number of likely N-dealkylation sites (tertiary alicyclic amines) is 1. The summed E-state index contributed by atoms with van der Waals surface area (Å²) in [6.45, 7) is 14.8. The van der Waals surface area contributed by atoms with E-state index in [-0.39, 0.29) is 13.0 Å². The highest BCUT2D eigenvalue weighted by molar-refractivity contribution is 5.97. The van der Waals surface area contributed by atoms with Gasteiger partial charge in [-0.1, -0.05) is 0 Å². The van der Waals surface area contributed by atoms with Crippen LogP contribution in [-0.2, 0) is 14.3 Å². The van der Waals surface area contributed by atoms with Crippen molar-refractivity contribution in [3.8, 4) is 5.75 Å². The maximum Gasteiger partial charge on any atom is 0.420 e. The molecule has 232 valence electrons. The van der Waals surface area contributed by atoms with Gasteiger partial charge in [0.15, 0.2) is 11.5 Å². The number of carboxylic acid groups (broad SMARTS) is 1. The summed E-state index contributed by atoms with van der Waals surface area (Å²) in [5, 5.41) is 17.6. The van der Waals surface area contributed by atoms with Gasteiger partial charge in [0.25, 0.3) is 0 Å². The topological polar surface area (TPSA) is 148 Å². The average molecular weight is 597 g/mol. The van der Waals surface area contributed by atoms with Crippen LogP contribution in [-0.4, -0.2) is 79.2 Å². The van der Waals surface area contributed by atoms with Crippen molar-refractivity contribution in [1.82, 2.24) is 19.5 Å². The molecule has 2 N–H and O–H groups in total. The third kappa shape index (κ3) is 7.27. The van der Waals surface area contributed by atoms with Crippen LogP contribution in [0.2, 0.25) is 0 Å². The molecular weight excluding hydrogens is 556 g/mol. The van der Waals surface area contributed by atoms with Crippen molar-refractivity contribution >= 4 is 41.1 Å². The first-order chi connectivity index (χ1) is 20.1. The quantitative estimate of drug-likeness (QED) is 0.364. The summed E-state index contributed by atoms with van der Waals surface area (Å²) >= 11 is 0. The standard InChI is InChI=1S/C30H40N6O7/c1-9-41-21-12-10-20(11-13-21)35(28(40)43-30(6,7)8)25-18(2)24(33-23-14-15-31-36(23)25)32-19-16-22(26(37)38)34(17-19)27(39)42-29(3,4)5/h10-15,19,22H,9,16-17H2,1-8H3,(H,32,33)(H,37,38). The van der Waals surface area contributed by atoms with Crippen molar-refractivity contribution in [2.24, 2.45) is 0 Å². The fourth-order valence-electron chi connectivity index (χ4n) is 4.78. The normalized spacial score (nSPS) is 17.1. The summed E-state index contributed by atoms with van der Waals surface area (Å²) in [6, 6.07) is 7.20. The molecule has 2 unspecified atom stereocenters. The Labute approximate surface area is 250 Å². The molecule has 0 aliphatic carbocycles. The van der Waals surface area contributed by atoms with E-state index in [0.29, 0.717) is 40.9 Å². The Hall–Kier alpha value is -4.55. The Morgan fingerprint density at radius 2 is 1.70 bits per heavy atom. The van der Waals surface area contributed by atoms with Crippen LogP contribution in [0.1, 0.15) is 60.5 Å². The van der Waals surface area contributed by atoms with Crippen LogP contribution < -0.4 is 15.0 Å². The number of aliphatic carboxylic acids is 1. The Kier molecular flexibility index (Phi) is 8.74. The van der Waals surface area contributed by atoms with E-state index in [4.69, 9.17) is 19.2 Å². The predicted octanol–water partition coefficient (Wildman–Crippen LogP) is 5.38. The van der Waals surface area contributed by atoms with E-state index in [9.17, 15) is 19.5 Å². The number of carbonyl (C=O) groups is 3. The van der Waals surface area contributed by atoms with E-state index >= 15 is 0 Å². The molecule has 2 aromatic heterocycles. The molecule has 2 amide bonds. The minimum absolute atomic E-state index is 0.0848. The molecule has 1 fully saturated rings. The number of carbonyl (C=O) groups excluding carboxylic acids is 2. The predicted molar refractivity (Wildman–Crippen MR) is 160 cm³/mol. The van der Waals surface area contributed by atoms with Crippen LogP contribution >= 0.6 is 0 Å². The molecule has 1 saturated heterocycles. The Bertz CT molecular complexity index is 1490. The summed E-state index contributed by atoms with van der Waals surface area (Å²) in [7, 11) is 0. The molecule has 4 rings (SSSR count). The maximum atomic E-state index is 13.8. The zero-order valence-corrected chi connectivity index (χ0v) is 25.9. The molecule has 1 aliphatic rings. The zero-order chi connectivity index (χ0) is 31.7. The number of benzene rings is 1. The van der Waals surface area contributed by atoms with E-state index < -0.39 is 41.4 Å². The first-order valence-electron chi connectivity index (χ1n) is 14.2. The van der Waals surface area contributed by atoms with Crippen LogP contribution in [0.25, 0.3) is 5.65 Å². The molecule has 1 aromatic carbocycles. The first kappa shape index (κ1) is 31.4. The minimum Gasteiger partial charge on any atom is -0.494 e. The largest absolute Gasteiger partial charge is 0.494 e. The number of fused-ring (bicyclic) bond motifs is 1. The molecule has 0 spiro atoms. The van der Waals surface area contributed by atoms with E-state index in [1.54, 1.807) is 89.5 Å². The average Bonchev–Trinajstić information content (AvgIpc) is 3.53. The second-order valence-electron chi connectivity index (χ2n) is 12.3. The third-order valence-corrected chi connectivity index (χ3v) is 6.49. The summed E-state index contributed by atoms with van der Waals surface area (Å²) in [4.78, 5) is 46.0. The molecule has 13 nitrogen and oxygen atoms in total. The number of amides is 2. The van der Waals surface area contributed by atoms with Crippen molar-refractivity contribution in [3.63, 3.8) is 0 Å². The van der Waals surface area contributed by atoms with Crippen molar-refractivity contribution in [3.05, 3.63) is 42.1 Å². The molecular formula is C30H40N6O7. The van der Waals surface area contributed by atoms with Crippen molar-refractivity contribution in [1.29, 1.82) is 0 Å². The van der Waals surface area contributed by atoms with Gasteiger partial charge in [0.05, 0.1) is 18.5 Å². The highest BCUT2D eigenvalue weighted by Crippen LogP contribution is 2.35. The maximum absolute atomic E-state index is 13.8. The monoisotopic (exact) mass is 596 g/mol. The highest BCUT2D eigenvalue weighted by Gasteiger charge is 2.42. The zero-order valence-electron chi connectivity index (χ0n) is 25.9. The summed E-state index contributed by atoms with van der Waals surface area (Å²) < 4.78 is 18.4. The van der Waals surface area contributed by atoms with Gasteiger partial charge in [-0.3, -0.25) is 4.90 Å². The lowest BCUT2D eigenvalue weighted by atomic mass is 10.1. The fraction of sp³-hybridized carbons (Fsp3) is 0.500. The van der Waals surface area contributed by atoms with Gasteiger partial charge in [0.1, 0.15) is 28.8 Å². The molecule has 0 bridgehead atoms. The molecule has 0 saturated carbocycles. The van der Waals surface area contributed by atoms with E-state index in [0.717, 1.165) is 0 Å². The number of nitrogens with zero attached hydrogens (tertiary/aromatic N) is 5. The number of carboxylic acids is 1. The third-order valence-electron chi connectivity index (χ3n) is 6.49. The SMILES string of the molecule is CCOc1ccc(N(C(=O)OC(C)(C)C)c2c(C)c(NC3CC(C(=O)O)N(C(=O)OC(C)(C)C)C3)nc3ccnn23)cc1. The van der Waals surface area contributed by atoms with Gasteiger partial charge in [0.2, 0.25) is 0 Å². The number of ether oxygens (including phenoxy) is 3. The Balaban J connectivity index is 1.75. The van der Waals surface area contributed by atoms with E-state index in [2.05, 4.69) is 10.4 Å². The highest BCUT2D eigenvalue weighted by atomic mass is 16.6. The Morgan fingerprint density at radius 1 is 1.05 bits per heavy atom. The number of rotatable bonds is 7. The molecule has 3 aromatic rings. The summed E-state index contributed by atoms with van der Waals surface area (Å²) in [5.74, 6) is 0.311. The molecule has 0 radical (unpaired) electrons. The Morgan fingerprint density at radius 3 is 2.28 bits per heavy atom. The van der Waals surface area contributed by atoms with Crippen molar-refractivity contribution < 1.29 is 33.7 Å². The second-order valence-corrected chi connectivity index (χ2v) is 12.3. The molecule has 13 heteroatoms. The fourth-order valence-corrected chi connectivity index (χ4v) is 4.78. The van der Waals surface area contributed by atoms with Crippen molar-refractivity contribution in [2.75, 3.05) is 23.4 Å². The van der Waals surface area contributed by atoms with Gasteiger partial charge in [-0.2, -0.15) is 9.61 Å². The first-order valence-corrected chi connectivity index (χ1v) is 14.2. The van der Waals surface area contributed by atoms with Gasteiger partial charge in [0, 0.05) is 30.6 Å². The van der Waals surface area contributed by atoms with Crippen molar-refractivity contribution in [2.45, 2.75) is 85.1 Å². The van der Waals surface area contributed by atoms with Crippen LogP contribution in [0.15, 0.2) is 36.5 Å². The van der Waals surface area contributed by atoms with Gasteiger partial charge in [-0.05, 0) is 79.7 Å². The van der Waals surface area contributed by atoms with Gasteiger partial charge < -0.3 is 24.6 Å². The number of anilines is 3. The number of aromatic nitrogens is 3. The summed E-state index contributed by atoms with van der Waals surface area (Å²) in [6.07, 6.45) is 0.370. The van der Waals surface area contributed by atoms with E-state index in [1.807, 2.05) is 6.92 Å². The lowest BCUT2D eigenvalue weighted by Gasteiger charge is -2.29. The lowest BCUT2D eigenvalue weighted by molar-refractivity contribution is -0.142. The smallest absolute Gasteiger partial charge is 0.420 e. The van der Waals surface area contributed by atoms with Crippen LogP contribution in [0.5, 0.6) is 5.75 Å². The van der Waals surface area contributed by atoms with Gasteiger partial charge in [-0.25, -0.2) is 24.3 Å². The molecule has 1 aliphatic heterocycles. The number of hydrogen-bond donors (Lipinski definition) is 2. The molecule has 3 heterocycles. The lowest BCUT2D eigenvalue weighted by Crippen LogP contribution is -2.43. The summed E-state index contributed by atoms with van der Waals surface area (Å²) in [5.41, 5.74) is -0.0553. The number of nitrogens with one attached hydrogen (secondary N) is 1. The molecule has 43 heavy (non-hydrogen) atoms.